The van der Waals surface area contributed by atoms with Gasteiger partial charge >= 0.3 is 6.03 Å². The van der Waals surface area contributed by atoms with Crippen molar-refractivity contribution < 1.29 is 9.53 Å². The lowest BCUT2D eigenvalue weighted by Gasteiger charge is -2.34. The van der Waals surface area contributed by atoms with Gasteiger partial charge in [0.25, 0.3) is 0 Å². The van der Waals surface area contributed by atoms with Gasteiger partial charge in [-0.15, -0.1) is 0 Å². The summed E-state index contributed by atoms with van der Waals surface area (Å²) in [5, 5.41) is 0. The van der Waals surface area contributed by atoms with Gasteiger partial charge in [0, 0.05) is 32.3 Å². The van der Waals surface area contributed by atoms with E-state index >= 15 is 0 Å². The number of rotatable bonds is 4. The molecular weight excluding hydrogens is 244 g/mol. The van der Waals surface area contributed by atoms with Crippen molar-refractivity contribution in [3.05, 3.63) is 0 Å². The zero-order valence-corrected chi connectivity index (χ0v) is 11.6. The van der Waals surface area contributed by atoms with E-state index in [0.717, 1.165) is 13.0 Å². The van der Waals surface area contributed by atoms with Crippen molar-refractivity contribution in [2.45, 2.75) is 43.8 Å². The predicted molar refractivity (Wildman–Crippen MR) is 72.1 cm³/mol. The maximum absolute atomic E-state index is 12.0. The first-order valence-corrected chi connectivity index (χ1v) is 6.99. The minimum absolute atomic E-state index is 0.209. The molecule has 2 atom stereocenters. The molecule has 106 valence electrons. The Balaban J connectivity index is 1.83. The highest BCUT2D eigenvalue weighted by molar-refractivity contribution is 6.06. The first kappa shape index (κ1) is 12.9. The Kier molecular flexibility index (Phi) is 3.02. The third kappa shape index (κ3) is 1.94. The number of hydrogen-bond acceptors (Lipinski definition) is 4. The molecule has 0 aromatic heterocycles. The molecule has 0 aromatic rings. The number of likely N-dealkylation sites (tertiary alicyclic amines) is 1. The molecular formula is C13H22N4O2. The summed E-state index contributed by atoms with van der Waals surface area (Å²) in [5.74, 6) is 0.489. The molecule has 1 saturated heterocycles. The zero-order valence-electron chi connectivity index (χ0n) is 11.6. The summed E-state index contributed by atoms with van der Waals surface area (Å²) in [7, 11) is 1.64. The zero-order chi connectivity index (χ0) is 13.6. The van der Waals surface area contributed by atoms with E-state index in [0.29, 0.717) is 31.1 Å². The monoisotopic (exact) mass is 266 g/mol. The van der Waals surface area contributed by atoms with Gasteiger partial charge in [-0.1, -0.05) is 0 Å². The molecule has 0 aromatic carbocycles. The van der Waals surface area contributed by atoms with Crippen molar-refractivity contribution in [3.8, 4) is 0 Å². The van der Waals surface area contributed by atoms with Crippen molar-refractivity contribution in [1.29, 1.82) is 0 Å². The van der Waals surface area contributed by atoms with Gasteiger partial charge in [-0.05, 0) is 26.2 Å². The molecule has 0 radical (unpaired) electrons. The quantitative estimate of drug-likeness (QED) is 0.800. The summed E-state index contributed by atoms with van der Waals surface area (Å²) >= 11 is 0. The lowest BCUT2D eigenvalue weighted by molar-refractivity contribution is 0.123. The van der Waals surface area contributed by atoms with Crippen LogP contribution in [0.1, 0.15) is 26.2 Å². The number of aliphatic imine (C=N–C) groups is 1. The Labute approximate surface area is 113 Å². The highest BCUT2D eigenvalue weighted by atomic mass is 16.5. The fourth-order valence-electron chi connectivity index (χ4n) is 3.49. The van der Waals surface area contributed by atoms with E-state index in [2.05, 4.69) is 16.8 Å². The first-order valence-electron chi connectivity index (χ1n) is 6.99. The van der Waals surface area contributed by atoms with Gasteiger partial charge in [-0.25, -0.2) is 4.79 Å². The number of urea groups is 1. The molecule has 2 amide bonds. The van der Waals surface area contributed by atoms with Crippen LogP contribution in [0.4, 0.5) is 4.79 Å². The van der Waals surface area contributed by atoms with Crippen LogP contribution in [0.3, 0.4) is 0 Å². The van der Waals surface area contributed by atoms with Crippen LogP contribution in [0, 0.1) is 0 Å². The number of methoxy groups -OCH3 is 1. The van der Waals surface area contributed by atoms with Crippen molar-refractivity contribution in [2.75, 3.05) is 26.8 Å². The molecule has 0 bridgehead atoms. The summed E-state index contributed by atoms with van der Waals surface area (Å²) in [5.41, 5.74) is 5.70. The van der Waals surface area contributed by atoms with Gasteiger partial charge in [0.2, 0.25) is 0 Å². The molecule has 1 aliphatic carbocycles. The minimum atomic E-state index is -0.391. The van der Waals surface area contributed by atoms with Crippen molar-refractivity contribution in [3.63, 3.8) is 0 Å². The van der Waals surface area contributed by atoms with Crippen molar-refractivity contribution in [1.82, 2.24) is 9.80 Å². The number of ether oxygens (including phenoxy) is 1. The van der Waals surface area contributed by atoms with Crippen LogP contribution in [-0.2, 0) is 4.74 Å². The third-order valence-electron chi connectivity index (χ3n) is 4.62. The number of amidine groups is 1. The second kappa shape index (κ2) is 4.45. The third-order valence-corrected chi connectivity index (χ3v) is 4.62. The summed E-state index contributed by atoms with van der Waals surface area (Å²) in [6.45, 7) is 4.13. The van der Waals surface area contributed by atoms with Crippen LogP contribution in [0.5, 0.6) is 0 Å². The SMILES string of the molecule is COCCN1C(=O)N=C(N)C12CC(C)N(C1CC1)C2. The maximum Gasteiger partial charge on any atom is 0.346 e. The fraction of sp³-hybridized carbons (Fsp3) is 0.846. The molecule has 6 nitrogen and oxygen atoms in total. The van der Waals surface area contributed by atoms with E-state index in [1.165, 1.54) is 12.8 Å². The smallest absolute Gasteiger partial charge is 0.346 e. The van der Waals surface area contributed by atoms with Crippen molar-refractivity contribution >= 4 is 11.9 Å². The summed E-state index contributed by atoms with van der Waals surface area (Å²) < 4.78 is 5.10. The number of nitrogens with zero attached hydrogens (tertiary/aromatic N) is 3. The van der Waals surface area contributed by atoms with E-state index in [4.69, 9.17) is 10.5 Å². The van der Waals surface area contributed by atoms with Crippen LogP contribution in [-0.4, -0.2) is 66.1 Å². The summed E-state index contributed by atoms with van der Waals surface area (Å²) in [6.07, 6.45) is 3.42. The highest BCUT2D eigenvalue weighted by Gasteiger charge is 2.56. The van der Waals surface area contributed by atoms with Gasteiger partial charge in [-0.3, -0.25) is 4.90 Å². The Morgan fingerprint density at radius 2 is 2.26 bits per heavy atom. The largest absolute Gasteiger partial charge is 0.385 e. The van der Waals surface area contributed by atoms with Crippen LogP contribution >= 0.6 is 0 Å². The second-order valence-electron chi connectivity index (χ2n) is 5.91. The number of hydrogen-bond donors (Lipinski definition) is 1. The molecule has 2 fully saturated rings. The molecule has 19 heavy (non-hydrogen) atoms. The van der Waals surface area contributed by atoms with Crippen LogP contribution in [0.15, 0.2) is 4.99 Å². The molecule has 2 heterocycles. The molecule has 1 spiro atoms. The average molecular weight is 266 g/mol. The molecule has 2 unspecified atom stereocenters. The van der Waals surface area contributed by atoms with E-state index in [1.54, 1.807) is 7.11 Å². The number of carbonyl (C=O) groups is 1. The number of nitrogens with two attached hydrogens (primary N) is 1. The lowest BCUT2D eigenvalue weighted by Crippen LogP contribution is -2.56. The Morgan fingerprint density at radius 1 is 1.53 bits per heavy atom. The molecule has 3 aliphatic rings. The minimum Gasteiger partial charge on any atom is -0.385 e. The highest BCUT2D eigenvalue weighted by Crippen LogP contribution is 2.41. The van der Waals surface area contributed by atoms with Gasteiger partial charge in [0.1, 0.15) is 11.4 Å². The van der Waals surface area contributed by atoms with Crippen LogP contribution < -0.4 is 5.73 Å². The van der Waals surface area contributed by atoms with E-state index in [9.17, 15) is 4.79 Å². The average Bonchev–Trinajstić information content (AvgIpc) is 3.10. The standard InChI is InChI=1S/C13H22N4O2/c1-9-7-13(8-16(9)10-3-4-10)11(14)15-12(18)17(13)5-6-19-2/h9-10H,3-8H2,1-2H3,(H2,14,15,18). The van der Waals surface area contributed by atoms with Gasteiger partial charge in [-0.2, -0.15) is 4.99 Å². The van der Waals surface area contributed by atoms with Gasteiger partial charge in [0.15, 0.2) is 0 Å². The summed E-state index contributed by atoms with van der Waals surface area (Å²) in [4.78, 5) is 20.3. The molecule has 2 N–H and O–H groups in total. The van der Waals surface area contributed by atoms with E-state index in [1.807, 2.05) is 4.90 Å². The Morgan fingerprint density at radius 3 is 2.89 bits per heavy atom. The Bertz CT molecular complexity index is 421. The van der Waals surface area contributed by atoms with E-state index in [-0.39, 0.29) is 6.03 Å². The van der Waals surface area contributed by atoms with Gasteiger partial charge < -0.3 is 15.4 Å². The van der Waals surface area contributed by atoms with Crippen LogP contribution in [0.2, 0.25) is 0 Å². The lowest BCUT2D eigenvalue weighted by atomic mass is 9.94. The second-order valence-corrected chi connectivity index (χ2v) is 5.91. The molecule has 1 saturated carbocycles. The normalized spacial score (nSPS) is 35.5. The van der Waals surface area contributed by atoms with Crippen molar-refractivity contribution in [2.24, 2.45) is 10.7 Å². The molecule has 3 rings (SSSR count). The predicted octanol–water partition coefficient (Wildman–Crippen LogP) is 0.421. The maximum atomic E-state index is 12.0. The number of carbonyl (C=O) groups excluding carboxylic acids is 1. The van der Waals surface area contributed by atoms with E-state index < -0.39 is 5.54 Å². The summed E-state index contributed by atoms with van der Waals surface area (Å²) in [6, 6.07) is 0.929. The fourth-order valence-corrected chi connectivity index (χ4v) is 3.49. The molecule has 6 heteroatoms. The topological polar surface area (TPSA) is 71.2 Å². The van der Waals surface area contributed by atoms with Gasteiger partial charge in [0.05, 0.1) is 6.61 Å². The number of amides is 2. The first-order chi connectivity index (χ1) is 9.08. The Hall–Kier alpha value is -1.14. The van der Waals surface area contributed by atoms with Crippen LogP contribution in [0.25, 0.3) is 0 Å². The molecule has 2 aliphatic heterocycles.